The van der Waals surface area contributed by atoms with Gasteiger partial charge >= 0.3 is 0 Å². The van der Waals surface area contributed by atoms with E-state index in [0.717, 1.165) is 63.7 Å². The number of rotatable bonds is 12. The highest BCUT2D eigenvalue weighted by molar-refractivity contribution is 5.55. The summed E-state index contributed by atoms with van der Waals surface area (Å²) in [7, 11) is 1.58. The van der Waals surface area contributed by atoms with Crippen molar-refractivity contribution >= 4 is 6.29 Å². The number of hydrogen-bond donors (Lipinski definition) is 0. The predicted octanol–water partition coefficient (Wildman–Crippen LogP) is 8.96. The molecular weight excluding hydrogens is 392 g/mol. The molecule has 0 aliphatic heterocycles. The summed E-state index contributed by atoms with van der Waals surface area (Å²) in [6.45, 7) is 39.9. The maximum Gasteiger partial charge on any atom is 0.116 e. The predicted molar refractivity (Wildman–Crippen MR) is 146 cm³/mol. The lowest BCUT2D eigenvalue weighted by Crippen LogP contribution is -1.94. The molecule has 0 saturated heterocycles. The summed E-state index contributed by atoms with van der Waals surface area (Å²) >= 11 is 0. The van der Waals surface area contributed by atoms with Crippen LogP contribution in [0.1, 0.15) is 54.4 Å². The Labute approximate surface area is 198 Å². The van der Waals surface area contributed by atoms with Crippen LogP contribution in [-0.2, 0) is 9.53 Å². The Balaban J connectivity index is -0.00000154. The summed E-state index contributed by atoms with van der Waals surface area (Å²) in [6.07, 6.45) is 10.0. The number of hydrogen-bond acceptors (Lipinski definition) is 2. The maximum absolute atomic E-state index is 8.81. The van der Waals surface area contributed by atoms with E-state index in [-0.39, 0.29) is 0 Å². The van der Waals surface area contributed by atoms with Crippen molar-refractivity contribution in [2.24, 2.45) is 0 Å². The molecule has 0 N–H and O–H groups in total. The van der Waals surface area contributed by atoms with E-state index in [1.54, 1.807) is 13.2 Å². The lowest BCUT2D eigenvalue weighted by Gasteiger charge is -2.13. The SMILES string of the molecule is C=C(C)C/C(=C/C(=C)C(=C)/C(C)=C\C(=C)C(=C)/C=C\C(=C)OC)C(=C)CC.CC.CC=O. The maximum atomic E-state index is 8.81. The van der Waals surface area contributed by atoms with E-state index in [0.29, 0.717) is 5.76 Å². The van der Waals surface area contributed by atoms with Gasteiger partial charge in [-0.3, -0.25) is 0 Å². The molecular formula is C30H44O2. The fourth-order valence-electron chi connectivity index (χ4n) is 2.19. The Morgan fingerprint density at radius 1 is 0.844 bits per heavy atom. The van der Waals surface area contributed by atoms with Crippen molar-refractivity contribution in [1.82, 2.24) is 0 Å². The highest BCUT2D eigenvalue weighted by Gasteiger charge is 2.07. The van der Waals surface area contributed by atoms with Gasteiger partial charge in [0.05, 0.1) is 7.11 Å². The van der Waals surface area contributed by atoms with Crippen molar-refractivity contribution < 1.29 is 9.53 Å². The molecule has 0 aromatic heterocycles. The first kappa shape index (κ1) is 33.5. The first-order chi connectivity index (χ1) is 14.9. The van der Waals surface area contributed by atoms with Crippen LogP contribution in [0.4, 0.5) is 0 Å². The van der Waals surface area contributed by atoms with Crippen LogP contribution >= 0.6 is 0 Å². The molecule has 0 heterocycles. The molecule has 0 bridgehead atoms. The van der Waals surface area contributed by atoms with Crippen LogP contribution in [0.25, 0.3) is 0 Å². The van der Waals surface area contributed by atoms with Gasteiger partial charge in [0.1, 0.15) is 12.0 Å². The molecule has 2 nitrogen and oxygen atoms in total. The van der Waals surface area contributed by atoms with Crippen LogP contribution in [0.15, 0.2) is 121 Å². The molecule has 0 aliphatic carbocycles. The summed E-state index contributed by atoms with van der Waals surface area (Å²) in [5, 5.41) is 0. The van der Waals surface area contributed by atoms with Gasteiger partial charge in [-0.1, -0.05) is 96.2 Å². The third-order valence-electron chi connectivity index (χ3n) is 4.12. The van der Waals surface area contributed by atoms with Crippen molar-refractivity contribution in [3.05, 3.63) is 121 Å². The summed E-state index contributed by atoms with van der Waals surface area (Å²) < 4.78 is 5.01. The van der Waals surface area contributed by atoms with Crippen molar-refractivity contribution in [1.29, 1.82) is 0 Å². The van der Waals surface area contributed by atoms with Crippen molar-refractivity contribution in [2.45, 2.75) is 54.4 Å². The highest BCUT2D eigenvalue weighted by atomic mass is 16.5. The molecule has 32 heavy (non-hydrogen) atoms. The molecule has 0 aromatic rings. The zero-order valence-corrected chi connectivity index (χ0v) is 21.6. The van der Waals surface area contributed by atoms with Crippen LogP contribution in [0.5, 0.6) is 0 Å². The Hall–Kier alpha value is -3.13. The van der Waals surface area contributed by atoms with E-state index in [2.05, 4.69) is 59.1 Å². The number of carbonyl (C=O) groups excluding carboxylic acids is 1. The van der Waals surface area contributed by atoms with Crippen molar-refractivity contribution in [3.8, 4) is 0 Å². The standard InChI is InChI=1S/C26H34O.C2H4O.C2H6/c1-12-19(4)26(15-18(2)3)17-23(8)25(10)22(7)16-21(6)20(5)13-14-24(9)27-11;1-2-3;1-2/h13-14,16-17H,2,4-6,8-10,12,15H2,1,3,7,11H3;2H,1H3;1-2H3/b14-13-,22-16-,26-17-;;. The molecule has 176 valence electrons. The third kappa shape index (κ3) is 15.7. The van der Waals surface area contributed by atoms with E-state index >= 15 is 0 Å². The number of allylic oxidation sites excluding steroid dienone is 12. The molecule has 0 aliphatic rings. The van der Waals surface area contributed by atoms with Gasteiger partial charge in [0, 0.05) is 0 Å². The molecule has 0 atom stereocenters. The van der Waals surface area contributed by atoms with E-state index < -0.39 is 0 Å². The summed E-state index contributed by atoms with van der Waals surface area (Å²) in [5.41, 5.74) is 7.61. The molecule has 0 spiro atoms. The largest absolute Gasteiger partial charge is 0.497 e. The second-order valence-corrected chi connectivity index (χ2v) is 6.88. The first-order valence-corrected chi connectivity index (χ1v) is 10.7. The average Bonchev–Trinajstić information content (AvgIpc) is 2.76. The van der Waals surface area contributed by atoms with Gasteiger partial charge in [0.15, 0.2) is 0 Å². The summed E-state index contributed by atoms with van der Waals surface area (Å²) in [6, 6.07) is 0. The van der Waals surface area contributed by atoms with Crippen LogP contribution in [0.2, 0.25) is 0 Å². The van der Waals surface area contributed by atoms with Gasteiger partial charge in [-0.2, -0.15) is 0 Å². The Morgan fingerprint density at radius 2 is 1.34 bits per heavy atom. The topological polar surface area (TPSA) is 26.3 Å². The number of carbonyl (C=O) groups is 1. The molecule has 0 aromatic carbocycles. The van der Waals surface area contributed by atoms with Gasteiger partial charge in [-0.15, -0.1) is 0 Å². The van der Waals surface area contributed by atoms with Crippen LogP contribution in [0.3, 0.4) is 0 Å². The highest BCUT2D eigenvalue weighted by Crippen LogP contribution is 2.26. The molecule has 0 fully saturated rings. The zero-order valence-electron chi connectivity index (χ0n) is 21.6. The van der Waals surface area contributed by atoms with E-state index in [4.69, 9.17) is 9.53 Å². The minimum Gasteiger partial charge on any atom is -0.497 e. The lowest BCUT2D eigenvalue weighted by atomic mass is 9.92. The molecule has 0 saturated carbocycles. The average molecular weight is 437 g/mol. The van der Waals surface area contributed by atoms with Gasteiger partial charge in [0.2, 0.25) is 0 Å². The van der Waals surface area contributed by atoms with Gasteiger partial charge in [-0.05, 0) is 73.1 Å². The van der Waals surface area contributed by atoms with Crippen LogP contribution in [-0.4, -0.2) is 13.4 Å². The number of aldehydes is 1. The normalized spacial score (nSPS) is 10.6. The second kappa shape index (κ2) is 19.8. The van der Waals surface area contributed by atoms with Crippen molar-refractivity contribution in [2.75, 3.05) is 7.11 Å². The van der Waals surface area contributed by atoms with E-state index in [1.165, 1.54) is 6.92 Å². The molecule has 0 radical (unpaired) electrons. The monoisotopic (exact) mass is 436 g/mol. The fraction of sp³-hybridized carbons (Fsp3) is 0.300. The Kier molecular flexibility index (Phi) is 20.7. The zero-order chi connectivity index (χ0) is 25.9. The molecule has 0 unspecified atom stereocenters. The van der Waals surface area contributed by atoms with E-state index in [9.17, 15) is 0 Å². The van der Waals surface area contributed by atoms with Gasteiger partial charge in [-0.25, -0.2) is 0 Å². The molecule has 2 heteroatoms. The minimum atomic E-state index is 0.564. The molecule has 0 amide bonds. The second-order valence-electron chi connectivity index (χ2n) is 6.88. The number of ether oxygens (including phenoxy) is 1. The van der Waals surface area contributed by atoms with E-state index in [1.807, 2.05) is 39.8 Å². The fourth-order valence-corrected chi connectivity index (χ4v) is 2.19. The van der Waals surface area contributed by atoms with Crippen molar-refractivity contribution in [3.63, 3.8) is 0 Å². The Bertz CT molecular complexity index is 808. The summed E-state index contributed by atoms with van der Waals surface area (Å²) in [4.78, 5) is 8.81. The first-order valence-electron chi connectivity index (χ1n) is 10.7. The van der Waals surface area contributed by atoms with Gasteiger partial charge < -0.3 is 9.53 Å². The van der Waals surface area contributed by atoms with Crippen LogP contribution < -0.4 is 0 Å². The summed E-state index contributed by atoms with van der Waals surface area (Å²) in [5.74, 6) is 0.564. The number of methoxy groups -OCH3 is 1. The van der Waals surface area contributed by atoms with Gasteiger partial charge in [0.25, 0.3) is 0 Å². The quantitative estimate of drug-likeness (QED) is 0.132. The smallest absolute Gasteiger partial charge is 0.116 e. The lowest BCUT2D eigenvalue weighted by molar-refractivity contribution is -0.106. The Morgan fingerprint density at radius 3 is 1.75 bits per heavy atom. The van der Waals surface area contributed by atoms with Crippen LogP contribution in [0, 0.1) is 0 Å². The molecule has 0 rings (SSSR count). The third-order valence-corrected chi connectivity index (χ3v) is 4.12. The minimum absolute atomic E-state index is 0.564.